The normalized spacial score (nSPS) is 12.5. The van der Waals surface area contributed by atoms with E-state index in [1.165, 1.54) is 9.13 Å². The fraction of sp³-hybridized carbons (Fsp3) is 0.118. The fourth-order valence-electron chi connectivity index (χ4n) is 2.48. The van der Waals surface area contributed by atoms with Crippen LogP contribution in [-0.2, 0) is 0 Å². The number of nitrogens with one attached hydrogen (secondary N) is 1. The average molecular weight is 409 g/mol. The van der Waals surface area contributed by atoms with Gasteiger partial charge in [0, 0.05) is 20.2 Å². The van der Waals surface area contributed by atoms with Gasteiger partial charge in [-0.1, -0.05) is 29.8 Å². The summed E-state index contributed by atoms with van der Waals surface area (Å²) in [6, 6.07) is 16.4. The molecule has 0 aliphatic rings. The number of halogens is 2. The first-order valence-corrected chi connectivity index (χ1v) is 8.11. The van der Waals surface area contributed by atoms with Gasteiger partial charge in [-0.25, -0.2) is 0 Å². The molecule has 0 spiro atoms. The van der Waals surface area contributed by atoms with E-state index in [4.69, 9.17) is 11.6 Å². The number of pyridine rings is 1. The van der Waals surface area contributed by atoms with Crippen LogP contribution < -0.4 is 5.32 Å². The van der Waals surface area contributed by atoms with Gasteiger partial charge < -0.3 is 5.32 Å². The Hall–Kier alpha value is -1.17. The van der Waals surface area contributed by atoms with Gasteiger partial charge in [-0.3, -0.25) is 4.98 Å². The predicted octanol–water partition coefficient (Wildman–Crippen LogP) is 4.80. The zero-order chi connectivity index (χ0) is 14.8. The van der Waals surface area contributed by atoms with Crippen LogP contribution >= 0.6 is 34.2 Å². The van der Waals surface area contributed by atoms with Crippen LogP contribution in [0.1, 0.15) is 17.2 Å². The second-order valence-corrected chi connectivity index (χ2v) is 6.45. The first-order valence-electron chi connectivity index (χ1n) is 6.66. The van der Waals surface area contributed by atoms with E-state index in [0.29, 0.717) is 0 Å². The van der Waals surface area contributed by atoms with Crippen LogP contribution in [0.4, 0.5) is 0 Å². The Balaban J connectivity index is 2.11. The maximum atomic E-state index is 6.15. The molecule has 0 aliphatic carbocycles. The SMILES string of the molecule is CNC(c1cnc2ccccc2c1)c1cc(Cl)ccc1I. The van der Waals surface area contributed by atoms with Crippen LogP contribution in [0.25, 0.3) is 10.9 Å². The Morgan fingerprint density at radius 3 is 2.76 bits per heavy atom. The Morgan fingerprint density at radius 2 is 1.95 bits per heavy atom. The van der Waals surface area contributed by atoms with Crippen molar-refractivity contribution < 1.29 is 0 Å². The molecule has 0 aliphatic heterocycles. The summed E-state index contributed by atoms with van der Waals surface area (Å²) in [6.45, 7) is 0. The van der Waals surface area contributed by atoms with Crippen LogP contribution in [0.5, 0.6) is 0 Å². The minimum Gasteiger partial charge on any atom is -0.309 e. The smallest absolute Gasteiger partial charge is 0.0702 e. The Kier molecular flexibility index (Phi) is 4.42. The Morgan fingerprint density at radius 1 is 1.14 bits per heavy atom. The van der Waals surface area contributed by atoms with Gasteiger partial charge in [0.1, 0.15) is 0 Å². The van der Waals surface area contributed by atoms with Crippen LogP contribution in [0.2, 0.25) is 5.02 Å². The minimum atomic E-state index is 0.0766. The molecule has 2 aromatic carbocycles. The summed E-state index contributed by atoms with van der Waals surface area (Å²) >= 11 is 8.50. The first kappa shape index (κ1) is 14.8. The highest BCUT2D eigenvalue weighted by molar-refractivity contribution is 14.1. The number of hydrogen-bond acceptors (Lipinski definition) is 2. The van der Waals surface area contributed by atoms with Gasteiger partial charge in [0.25, 0.3) is 0 Å². The molecule has 0 bridgehead atoms. The molecule has 106 valence electrons. The molecule has 1 N–H and O–H groups in total. The summed E-state index contributed by atoms with van der Waals surface area (Å²) in [5.41, 5.74) is 3.32. The van der Waals surface area contributed by atoms with E-state index in [9.17, 15) is 0 Å². The second kappa shape index (κ2) is 6.30. The summed E-state index contributed by atoms with van der Waals surface area (Å²) in [4.78, 5) is 4.55. The van der Waals surface area contributed by atoms with Gasteiger partial charge in [0.2, 0.25) is 0 Å². The summed E-state index contributed by atoms with van der Waals surface area (Å²) in [5, 5.41) is 5.26. The van der Waals surface area contributed by atoms with E-state index in [2.05, 4.69) is 45.0 Å². The second-order valence-electron chi connectivity index (χ2n) is 4.85. The average Bonchev–Trinajstić information content (AvgIpc) is 2.51. The van der Waals surface area contributed by atoms with Crippen LogP contribution in [-0.4, -0.2) is 12.0 Å². The lowest BCUT2D eigenvalue weighted by atomic mass is 9.99. The highest BCUT2D eigenvalue weighted by Gasteiger charge is 2.16. The highest BCUT2D eigenvalue weighted by atomic mass is 127. The summed E-state index contributed by atoms with van der Waals surface area (Å²) < 4.78 is 1.18. The van der Waals surface area contributed by atoms with Gasteiger partial charge in [0.05, 0.1) is 11.6 Å². The van der Waals surface area contributed by atoms with Crippen molar-refractivity contribution in [2.24, 2.45) is 0 Å². The number of hydrogen-bond donors (Lipinski definition) is 1. The maximum absolute atomic E-state index is 6.15. The van der Waals surface area contributed by atoms with Crippen LogP contribution in [0.3, 0.4) is 0 Å². The van der Waals surface area contributed by atoms with Gasteiger partial charge in [-0.05, 0) is 71.1 Å². The third-order valence-corrected chi connectivity index (χ3v) is 4.72. The van der Waals surface area contributed by atoms with E-state index in [1.807, 2.05) is 49.6 Å². The predicted molar refractivity (Wildman–Crippen MR) is 96.8 cm³/mol. The zero-order valence-electron chi connectivity index (χ0n) is 11.5. The standard InChI is InChI=1S/C17H14ClIN2/c1-20-17(14-9-13(18)6-7-15(14)19)12-8-11-4-2-3-5-16(11)21-10-12/h2-10,17,20H,1H3. The third kappa shape index (κ3) is 3.05. The molecule has 3 aromatic rings. The van der Waals surface area contributed by atoms with E-state index in [-0.39, 0.29) is 6.04 Å². The number of para-hydroxylation sites is 1. The number of rotatable bonds is 3. The van der Waals surface area contributed by atoms with Crippen LogP contribution in [0, 0.1) is 3.57 Å². The van der Waals surface area contributed by atoms with E-state index in [0.717, 1.165) is 21.5 Å². The summed E-state index contributed by atoms with van der Waals surface area (Å²) in [6.07, 6.45) is 1.93. The Labute approximate surface area is 142 Å². The molecule has 21 heavy (non-hydrogen) atoms. The summed E-state index contributed by atoms with van der Waals surface area (Å²) in [5.74, 6) is 0. The van der Waals surface area contributed by atoms with Crippen LogP contribution in [0.15, 0.2) is 54.7 Å². The number of nitrogens with zero attached hydrogens (tertiary/aromatic N) is 1. The molecule has 3 rings (SSSR count). The van der Waals surface area contributed by atoms with Crippen molar-refractivity contribution in [3.63, 3.8) is 0 Å². The van der Waals surface area contributed by atoms with Gasteiger partial charge in [-0.2, -0.15) is 0 Å². The first-order chi connectivity index (χ1) is 10.2. The van der Waals surface area contributed by atoms with E-state index < -0.39 is 0 Å². The molecule has 1 heterocycles. The molecule has 4 heteroatoms. The molecule has 2 nitrogen and oxygen atoms in total. The number of fused-ring (bicyclic) bond motifs is 1. The number of benzene rings is 2. The molecular formula is C17H14ClIN2. The van der Waals surface area contributed by atoms with Crippen molar-refractivity contribution in [3.8, 4) is 0 Å². The van der Waals surface area contributed by atoms with Crippen molar-refractivity contribution in [1.82, 2.24) is 10.3 Å². The molecule has 1 unspecified atom stereocenters. The molecule has 0 saturated carbocycles. The number of aromatic nitrogens is 1. The molecule has 0 radical (unpaired) electrons. The lowest BCUT2D eigenvalue weighted by Gasteiger charge is -2.19. The quantitative estimate of drug-likeness (QED) is 0.630. The van der Waals surface area contributed by atoms with Gasteiger partial charge in [0.15, 0.2) is 0 Å². The Bertz CT molecular complexity index is 789. The molecular weight excluding hydrogens is 395 g/mol. The minimum absolute atomic E-state index is 0.0766. The van der Waals surface area contributed by atoms with Crippen molar-refractivity contribution >= 4 is 45.1 Å². The third-order valence-electron chi connectivity index (χ3n) is 3.50. The largest absolute Gasteiger partial charge is 0.309 e. The molecule has 0 saturated heterocycles. The van der Waals surface area contributed by atoms with Crippen molar-refractivity contribution in [2.45, 2.75) is 6.04 Å². The fourth-order valence-corrected chi connectivity index (χ4v) is 3.31. The van der Waals surface area contributed by atoms with Gasteiger partial charge in [-0.15, -0.1) is 0 Å². The topological polar surface area (TPSA) is 24.9 Å². The monoisotopic (exact) mass is 408 g/mol. The highest BCUT2D eigenvalue weighted by Crippen LogP contribution is 2.29. The van der Waals surface area contributed by atoms with E-state index >= 15 is 0 Å². The van der Waals surface area contributed by atoms with Gasteiger partial charge >= 0.3 is 0 Å². The lowest BCUT2D eigenvalue weighted by molar-refractivity contribution is 0.687. The zero-order valence-corrected chi connectivity index (χ0v) is 14.4. The molecule has 1 aromatic heterocycles. The van der Waals surface area contributed by atoms with E-state index in [1.54, 1.807) is 0 Å². The molecule has 0 fully saturated rings. The van der Waals surface area contributed by atoms with Crippen molar-refractivity contribution in [2.75, 3.05) is 7.05 Å². The molecule has 0 amide bonds. The molecule has 1 atom stereocenters. The van der Waals surface area contributed by atoms with Crippen molar-refractivity contribution in [3.05, 3.63) is 74.4 Å². The van der Waals surface area contributed by atoms with Crippen molar-refractivity contribution in [1.29, 1.82) is 0 Å². The maximum Gasteiger partial charge on any atom is 0.0702 e. The summed E-state index contributed by atoms with van der Waals surface area (Å²) in [7, 11) is 1.96. The lowest BCUT2D eigenvalue weighted by Crippen LogP contribution is -2.19.